The largest absolute Gasteiger partial charge is 0.304 e. The van der Waals surface area contributed by atoms with Gasteiger partial charge in [-0.25, -0.2) is 0 Å². The van der Waals surface area contributed by atoms with E-state index < -0.39 is 0 Å². The summed E-state index contributed by atoms with van der Waals surface area (Å²) in [5, 5.41) is 4.03. The minimum absolute atomic E-state index is 0.385. The first-order chi connectivity index (χ1) is 12.8. The summed E-state index contributed by atoms with van der Waals surface area (Å²) in [4.78, 5) is 5.05. The number of nitrogens with zero attached hydrogens (tertiary/aromatic N) is 2. The molecule has 2 aliphatic rings. The number of likely N-dealkylation sites (N-methyl/N-ethyl adjacent to an activating group) is 1. The Kier molecular flexibility index (Phi) is 5.68. The van der Waals surface area contributed by atoms with Gasteiger partial charge in [-0.1, -0.05) is 54.6 Å². The fraction of sp³-hybridized carbons (Fsp3) is 0.478. The number of nitrogens with one attached hydrogen (secondary N) is 1. The van der Waals surface area contributed by atoms with Gasteiger partial charge in [0.05, 0.1) is 0 Å². The van der Waals surface area contributed by atoms with Crippen LogP contribution in [0.3, 0.4) is 0 Å². The highest BCUT2D eigenvalue weighted by atomic mass is 15.3. The molecule has 2 atom stereocenters. The Morgan fingerprint density at radius 1 is 0.962 bits per heavy atom. The molecule has 4 rings (SSSR count). The van der Waals surface area contributed by atoms with Crippen molar-refractivity contribution in [3.63, 3.8) is 0 Å². The number of rotatable bonds is 5. The highest BCUT2D eigenvalue weighted by Gasteiger charge is 2.25. The molecule has 1 fully saturated rings. The Morgan fingerprint density at radius 2 is 1.69 bits per heavy atom. The monoisotopic (exact) mass is 349 g/mol. The van der Waals surface area contributed by atoms with E-state index in [0.29, 0.717) is 12.1 Å². The second kappa shape index (κ2) is 8.34. The van der Waals surface area contributed by atoms with Crippen molar-refractivity contribution in [2.24, 2.45) is 0 Å². The van der Waals surface area contributed by atoms with Crippen LogP contribution in [0.25, 0.3) is 0 Å². The molecule has 2 aromatic carbocycles. The van der Waals surface area contributed by atoms with Crippen LogP contribution in [0.1, 0.15) is 41.6 Å². The van der Waals surface area contributed by atoms with Gasteiger partial charge in [-0.05, 0) is 43.0 Å². The van der Waals surface area contributed by atoms with Gasteiger partial charge in [0.2, 0.25) is 0 Å². The summed E-state index contributed by atoms with van der Waals surface area (Å²) in [6.45, 7) is 5.78. The normalized spacial score (nSPS) is 22.7. The van der Waals surface area contributed by atoms with Crippen LogP contribution in [0.5, 0.6) is 0 Å². The van der Waals surface area contributed by atoms with Crippen molar-refractivity contribution in [1.29, 1.82) is 0 Å². The van der Waals surface area contributed by atoms with Gasteiger partial charge in [-0.15, -0.1) is 0 Å². The molecule has 1 aliphatic carbocycles. The lowest BCUT2D eigenvalue weighted by Gasteiger charge is -2.37. The quantitative estimate of drug-likeness (QED) is 0.889. The maximum Gasteiger partial charge on any atom is 0.0454 e. The lowest BCUT2D eigenvalue weighted by atomic mass is 9.87. The second-order valence-corrected chi connectivity index (χ2v) is 7.88. The Labute approximate surface area is 158 Å². The molecular formula is C23H31N3. The van der Waals surface area contributed by atoms with Gasteiger partial charge in [-0.3, -0.25) is 4.90 Å². The van der Waals surface area contributed by atoms with Gasteiger partial charge in [-0.2, -0.15) is 0 Å². The Morgan fingerprint density at radius 3 is 2.50 bits per heavy atom. The molecule has 0 bridgehead atoms. The van der Waals surface area contributed by atoms with E-state index in [-0.39, 0.29) is 0 Å². The third-order valence-corrected chi connectivity index (χ3v) is 6.01. The molecule has 1 heterocycles. The highest BCUT2D eigenvalue weighted by molar-refractivity contribution is 5.32. The van der Waals surface area contributed by atoms with Crippen LogP contribution in [-0.2, 0) is 6.42 Å². The third-order valence-electron chi connectivity index (χ3n) is 6.01. The third kappa shape index (κ3) is 4.17. The SMILES string of the molecule is CN1CCN(C[C@@H](N[C@H]2CCCc3ccccc32)c2ccccc2)CC1. The summed E-state index contributed by atoms with van der Waals surface area (Å²) in [6, 6.07) is 20.9. The van der Waals surface area contributed by atoms with Gasteiger partial charge in [0.1, 0.15) is 0 Å². The van der Waals surface area contributed by atoms with Gasteiger partial charge >= 0.3 is 0 Å². The zero-order chi connectivity index (χ0) is 17.8. The standard InChI is InChI=1S/C23H31N3/c1-25-14-16-26(17-15-25)18-23(20-9-3-2-4-10-20)24-22-13-7-11-19-8-5-6-12-21(19)22/h2-6,8-10,12,22-24H,7,11,13-18H2,1H3/t22-,23+/m0/s1. The van der Waals surface area contributed by atoms with Crippen LogP contribution in [0.4, 0.5) is 0 Å². The summed E-state index contributed by atoms with van der Waals surface area (Å²) in [5.41, 5.74) is 4.45. The lowest BCUT2D eigenvalue weighted by molar-refractivity contribution is 0.139. The predicted octanol–water partition coefficient (Wildman–Crippen LogP) is 3.64. The highest BCUT2D eigenvalue weighted by Crippen LogP contribution is 2.32. The lowest BCUT2D eigenvalue weighted by Crippen LogP contribution is -2.47. The fourth-order valence-corrected chi connectivity index (χ4v) is 4.40. The average Bonchev–Trinajstić information content (AvgIpc) is 2.70. The molecule has 3 heteroatoms. The Bertz CT molecular complexity index is 692. The average molecular weight is 350 g/mol. The van der Waals surface area contributed by atoms with Crippen molar-refractivity contribution in [3.8, 4) is 0 Å². The minimum Gasteiger partial charge on any atom is -0.304 e. The van der Waals surface area contributed by atoms with Crippen LogP contribution in [0.2, 0.25) is 0 Å². The van der Waals surface area contributed by atoms with Crippen LogP contribution < -0.4 is 5.32 Å². The topological polar surface area (TPSA) is 18.5 Å². The van der Waals surface area contributed by atoms with Crippen LogP contribution in [0.15, 0.2) is 54.6 Å². The van der Waals surface area contributed by atoms with Crippen LogP contribution >= 0.6 is 0 Å². The summed E-state index contributed by atoms with van der Waals surface area (Å²) >= 11 is 0. The molecule has 1 N–H and O–H groups in total. The summed E-state index contributed by atoms with van der Waals surface area (Å²) < 4.78 is 0. The molecular weight excluding hydrogens is 318 g/mol. The molecule has 0 unspecified atom stereocenters. The van der Waals surface area contributed by atoms with E-state index in [2.05, 4.69) is 76.8 Å². The maximum absolute atomic E-state index is 4.03. The molecule has 0 radical (unpaired) electrons. The zero-order valence-electron chi connectivity index (χ0n) is 15.9. The van der Waals surface area contributed by atoms with Crippen molar-refractivity contribution in [1.82, 2.24) is 15.1 Å². The molecule has 138 valence electrons. The van der Waals surface area contributed by atoms with E-state index in [1.807, 2.05) is 0 Å². The predicted molar refractivity (Wildman–Crippen MR) is 108 cm³/mol. The van der Waals surface area contributed by atoms with Crippen molar-refractivity contribution in [2.75, 3.05) is 39.8 Å². The first-order valence-corrected chi connectivity index (χ1v) is 10.1. The van der Waals surface area contributed by atoms with Crippen molar-refractivity contribution in [3.05, 3.63) is 71.3 Å². The molecule has 0 aromatic heterocycles. The molecule has 26 heavy (non-hydrogen) atoms. The van der Waals surface area contributed by atoms with Gasteiger partial charge in [0.15, 0.2) is 0 Å². The molecule has 0 saturated carbocycles. The zero-order valence-corrected chi connectivity index (χ0v) is 15.9. The van der Waals surface area contributed by atoms with Gasteiger partial charge in [0.25, 0.3) is 0 Å². The number of hydrogen-bond donors (Lipinski definition) is 1. The molecule has 0 spiro atoms. The van der Waals surface area contributed by atoms with Crippen molar-refractivity contribution in [2.45, 2.75) is 31.3 Å². The van der Waals surface area contributed by atoms with E-state index in [1.165, 1.54) is 62.1 Å². The maximum atomic E-state index is 4.03. The number of piperazine rings is 1. The summed E-state index contributed by atoms with van der Waals surface area (Å²) in [7, 11) is 2.23. The van der Waals surface area contributed by atoms with E-state index in [0.717, 1.165) is 6.54 Å². The molecule has 0 amide bonds. The summed E-state index contributed by atoms with van der Waals surface area (Å²) in [5.74, 6) is 0. The van der Waals surface area contributed by atoms with E-state index >= 15 is 0 Å². The number of aryl methyl sites for hydroxylation is 1. The van der Waals surface area contributed by atoms with E-state index in [4.69, 9.17) is 0 Å². The van der Waals surface area contributed by atoms with Crippen LogP contribution in [0, 0.1) is 0 Å². The molecule has 3 nitrogen and oxygen atoms in total. The van der Waals surface area contributed by atoms with E-state index in [9.17, 15) is 0 Å². The minimum atomic E-state index is 0.385. The van der Waals surface area contributed by atoms with Gasteiger partial charge < -0.3 is 10.2 Å². The van der Waals surface area contributed by atoms with Gasteiger partial charge in [0, 0.05) is 44.8 Å². The first kappa shape index (κ1) is 17.7. The molecule has 1 saturated heterocycles. The molecule has 1 aliphatic heterocycles. The van der Waals surface area contributed by atoms with Crippen molar-refractivity contribution >= 4 is 0 Å². The number of hydrogen-bond acceptors (Lipinski definition) is 3. The smallest absolute Gasteiger partial charge is 0.0454 e. The second-order valence-electron chi connectivity index (χ2n) is 7.88. The first-order valence-electron chi connectivity index (χ1n) is 10.1. The Balaban J connectivity index is 1.52. The van der Waals surface area contributed by atoms with Crippen molar-refractivity contribution < 1.29 is 0 Å². The Hall–Kier alpha value is -1.68. The van der Waals surface area contributed by atoms with Crippen LogP contribution in [-0.4, -0.2) is 49.6 Å². The number of fused-ring (bicyclic) bond motifs is 1. The fourth-order valence-electron chi connectivity index (χ4n) is 4.40. The summed E-state index contributed by atoms with van der Waals surface area (Å²) in [6.07, 6.45) is 3.75. The molecule has 2 aromatic rings. The van der Waals surface area contributed by atoms with E-state index in [1.54, 1.807) is 0 Å². The number of benzene rings is 2.